The summed E-state index contributed by atoms with van der Waals surface area (Å²) in [5, 5.41) is 7.42. The lowest BCUT2D eigenvalue weighted by molar-refractivity contribution is -0.139. The zero-order valence-corrected chi connectivity index (χ0v) is 15.5. The summed E-state index contributed by atoms with van der Waals surface area (Å²) in [5.41, 5.74) is 0. The number of rotatable bonds is 4. The molecule has 138 valence electrons. The van der Waals surface area contributed by atoms with Gasteiger partial charge in [-0.15, -0.1) is 0 Å². The van der Waals surface area contributed by atoms with E-state index in [0.29, 0.717) is 6.54 Å². The van der Waals surface area contributed by atoms with E-state index in [9.17, 15) is 9.59 Å². The summed E-state index contributed by atoms with van der Waals surface area (Å²) >= 11 is 0. The predicted molar refractivity (Wildman–Crippen MR) is 93.9 cm³/mol. The van der Waals surface area contributed by atoms with Crippen LogP contribution in [0, 0.1) is 19.8 Å². The molecule has 7 nitrogen and oxygen atoms in total. The molecule has 0 bridgehead atoms. The Bertz CT molecular complexity index is 635. The van der Waals surface area contributed by atoms with Gasteiger partial charge in [0.2, 0.25) is 11.8 Å². The van der Waals surface area contributed by atoms with Gasteiger partial charge in [-0.3, -0.25) is 9.59 Å². The van der Waals surface area contributed by atoms with Gasteiger partial charge in [0.15, 0.2) is 0 Å². The highest BCUT2D eigenvalue weighted by molar-refractivity contribution is 5.87. The molecule has 0 unspecified atom stereocenters. The Balaban J connectivity index is 1.73. The minimum Gasteiger partial charge on any atom is -0.344 e. The lowest BCUT2D eigenvalue weighted by atomic mass is 9.95. The molecule has 2 atom stereocenters. The molecule has 0 aromatic carbocycles. The van der Waals surface area contributed by atoms with Crippen molar-refractivity contribution in [2.45, 2.75) is 71.4 Å². The van der Waals surface area contributed by atoms with Crippen LogP contribution in [-0.2, 0) is 9.59 Å². The molecule has 7 heteroatoms. The molecule has 2 heterocycles. The van der Waals surface area contributed by atoms with Crippen LogP contribution < -0.4 is 5.32 Å². The van der Waals surface area contributed by atoms with Crippen LogP contribution in [0.2, 0.25) is 0 Å². The average Bonchev–Trinajstić information content (AvgIpc) is 3.21. The van der Waals surface area contributed by atoms with Crippen LogP contribution in [-0.4, -0.2) is 50.6 Å². The van der Waals surface area contributed by atoms with E-state index >= 15 is 0 Å². The van der Waals surface area contributed by atoms with Gasteiger partial charge in [-0.25, -0.2) is 9.67 Å². The highest BCUT2D eigenvalue weighted by Crippen LogP contribution is 2.30. The number of carbonyl (C=O) groups is 2. The van der Waals surface area contributed by atoms with E-state index < -0.39 is 0 Å². The Hall–Kier alpha value is -1.92. The topological polar surface area (TPSA) is 80.1 Å². The fraction of sp³-hybridized carbons (Fsp3) is 0.778. The summed E-state index contributed by atoms with van der Waals surface area (Å²) in [5.74, 6) is 1.88. The number of piperidine rings is 1. The molecule has 3 rings (SSSR count). The van der Waals surface area contributed by atoms with Crippen molar-refractivity contribution < 1.29 is 9.59 Å². The van der Waals surface area contributed by atoms with Crippen LogP contribution in [0.1, 0.15) is 63.1 Å². The lowest BCUT2D eigenvalue weighted by Crippen LogP contribution is -2.53. The van der Waals surface area contributed by atoms with Gasteiger partial charge in [-0.05, 0) is 45.4 Å². The maximum atomic E-state index is 13.2. The van der Waals surface area contributed by atoms with Gasteiger partial charge in [-0.2, -0.15) is 5.10 Å². The van der Waals surface area contributed by atoms with Crippen molar-refractivity contribution in [3.63, 3.8) is 0 Å². The Morgan fingerprint density at radius 1 is 1.16 bits per heavy atom. The van der Waals surface area contributed by atoms with Crippen molar-refractivity contribution in [1.29, 1.82) is 0 Å². The van der Waals surface area contributed by atoms with Gasteiger partial charge in [0.1, 0.15) is 17.7 Å². The van der Waals surface area contributed by atoms with Crippen molar-refractivity contribution >= 4 is 11.8 Å². The summed E-state index contributed by atoms with van der Waals surface area (Å²) in [4.78, 5) is 31.1. The Kier molecular flexibility index (Phi) is 5.39. The number of nitrogens with zero attached hydrogens (tertiary/aromatic N) is 4. The second kappa shape index (κ2) is 7.54. The van der Waals surface area contributed by atoms with Gasteiger partial charge in [0.05, 0.1) is 6.04 Å². The van der Waals surface area contributed by atoms with Crippen molar-refractivity contribution in [3.8, 4) is 0 Å². The van der Waals surface area contributed by atoms with Crippen molar-refractivity contribution in [2.75, 3.05) is 13.1 Å². The summed E-state index contributed by atoms with van der Waals surface area (Å²) in [7, 11) is 0. The quantitative estimate of drug-likeness (QED) is 0.900. The van der Waals surface area contributed by atoms with Crippen LogP contribution in [0.15, 0.2) is 0 Å². The summed E-state index contributed by atoms with van der Waals surface area (Å²) in [6, 6.07) is -0.210. The van der Waals surface area contributed by atoms with E-state index in [2.05, 4.69) is 15.4 Å². The largest absolute Gasteiger partial charge is 0.344 e. The summed E-state index contributed by atoms with van der Waals surface area (Å²) in [6.45, 7) is 6.74. The Labute approximate surface area is 149 Å². The average molecular weight is 347 g/mol. The number of aryl methyl sites for hydroxylation is 2. The normalized spacial score (nSPS) is 22.8. The molecule has 2 fully saturated rings. The molecule has 1 saturated carbocycles. The van der Waals surface area contributed by atoms with E-state index in [-0.39, 0.29) is 29.8 Å². The third kappa shape index (κ3) is 4.02. The molecule has 1 N–H and O–H groups in total. The summed E-state index contributed by atoms with van der Waals surface area (Å²) < 4.78 is 1.96. The second-order valence-corrected chi connectivity index (χ2v) is 7.45. The highest BCUT2D eigenvalue weighted by atomic mass is 16.2. The monoisotopic (exact) mass is 347 g/mol. The first kappa shape index (κ1) is 17.9. The first-order valence-corrected chi connectivity index (χ1v) is 9.41. The van der Waals surface area contributed by atoms with E-state index in [0.717, 1.165) is 56.7 Å². The minimum atomic E-state index is -0.377. The van der Waals surface area contributed by atoms with Crippen molar-refractivity contribution in [2.24, 2.45) is 5.92 Å². The van der Waals surface area contributed by atoms with Crippen molar-refractivity contribution in [1.82, 2.24) is 25.0 Å². The number of likely N-dealkylation sites (tertiary alicyclic amines) is 1. The Morgan fingerprint density at radius 3 is 2.48 bits per heavy atom. The maximum absolute atomic E-state index is 13.2. The molecule has 1 aliphatic carbocycles. The fourth-order valence-electron chi connectivity index (χ4n) is 4.32. The molecule has 2 amide bonds. The number of hydrogen-bond donors (Lipinski definition) is 1. The smallest absolute Gasteiger partial charge is 0.245 e. The van der Waals surface area contributed by atoms with E-state index in [1.165, 1.54) is 6.92 Å². The number of carbonyl (C=O) groups excluding carboxylic acids is 2. The number of aromatic nitrogens is 3. The molecule has 1 aromatic rings. The number of amides is 2. The molecule has 0 spiro atoms. The number of hydrogen-bond acceptors (Lipinski definition) is 4. The zero-order chi connectivity index (χ0) is 18.0. The molecular weight excluding hydrogens is 318 g/mol. The maximum Gasteiger partial charge on any atom is 0.245 e. The third-order valence-corrected chi connectivity index (χ3v) is 5.46. The minimum absolute atomic E-state index is 0.0706. The highest BCUT2D eigenvalue weighted by Gasteiger charge is 2.36. The van der Waals surface area contributed by atoms with Gasteiger partial charge in [0, 0.05) is 20.0 Å². The second-order valence-electron chi connectivity index (χ2n) is 7.45. The van der Waals surface area contributed by atoms with Crippen LogP contribution in [0.25, 0.3) is 0 Å². The molecule has 0 radical (unpaired) electrons. The van der Waals surface area contributed by atoms with Gasteiger partial charge >= 0.3 is 0 Å². The van der Waals surface area contributed by atoms with Crippen LogP contribution in [0.5, 0.6) is 0 Å². The molecular formula is C18H29N5O2. The predicted octanol–water partition coefficient (Wildman–Crippen LogP) is 1.75. The fourth-order valence-corrected chi connectivity index (χ4v) is 4.32. The first-order valence-electron chi connectivity index (χ1n) is 9.41. The SMILES string of the molecule is CC(=O)N[C@H](C(=O)N1CCC[C@H](n2nc(C)nc2C)C1)C1CCCC1. The van der Waals surface area contributed by atoms with E-state index in [4.69, 9.17) is 0 Å². The van der Waals surface area contributed by atoms with Crippen LogP contribution in [0.3, 0.4) is 0 Å². The molecule has 2 aliphatic rings. The van der Waals surface area contributed by atoms with Crippen LogP contribution >= 0.6 is 0 Å². The van der Waals surface area contributed by atoms with Gasteiger partial charge in [-0.1, -0.05) is 12.8 Å². The molecule has 25 heavy (non-hydrogen) atoms. The van der Waals surface area contributed by atoms with Gasteiger partial charge < -0.3 is 10.2 Å². The third-order valence-electron chi connectivity index (χ3n) is 5.46. The summed E-state index contributed by atoms with van der Waals surface area (Å²) in [6.07, 6.45) is 6.29. The molecule has 1 aliphatic heterocycles. The van der Waals surface area contributed by atoms with Gasteiger partial charge in [0.25, 0.3) is 0 Å². The van der Waals surface area contributed by atoms with Crippen molar-refractivity contribution in [3.05, 3.63) is 11.6 Å². The number of nitrogens with one attached hydrogen (secondary N) is 1. The first-order chi connectivity index (χ1) is 12.0. The standard InChI is InChI=1S/C18H29N5O2/c1-12-19-13(2)23(21-12)16-9-6-10-22(11-16)18(25)17(20-14(3)24)15-7-4-5-8-15/h15-17H,4-11H2,1-3H3,(H,20,24)/t16-,17-/m0/s1. The van der Waals surface area contributed by atoms with Crippen LogP contribution in [0.4, 0.5) is 0 Å². The lowest BCUT2D eigenvalue weighted by Gasteiger charge is -2.36. The van der Waals surface area contributed by atoms with E-state index in [1.807, 2.05) is 23.4 Å². The zero-order valence-electron chi connectivity index (χ0n) is 15.5. The molecule has 1 saturated heterocycles. The molecule has 1 aromatic heterocycles. The Morgan fingerprint density at radius 2 is 1.88 bits per heavy atom. The van der Waals surface area contributed by atoms with E-state index in [1.54, 1.807) is 0 Å².